The van der Waals surface area contributed by atoms with E-state index in [1.807, 2.05) is 0 Å². The highest BCUT2D eigenvalue weighted by molar-refractivity contribution is 6.37. The van der Waals surface area contributed by atoms with Crippen LogP contribution in [0.5, 0.6) is 0 Å². The second kappa shape index (κ2) is 4.77. The van der Waals surface area contributed by atoms with Crippen LogP contribution in [0.2, 0.25) is 0 Å². The van der Waals surface area contributed by atoms with Crippen molar-refractivity contribution in [1.82, 2.24) is 4.90 Å². The van der Waals surface area contributed by atoms with Crippen molar-refractivity contribution in [2.45, 2.75) is 19.4 Å². The summed E-state index contributed by atoms with van der Waals surface area (Å²) in [6.07, 6.45) is -0.519. The molecule has 0 aromatic rings. The van der Waals surface area contributed by atoms with Crippen LogP contribution in [0.4, 0.5) is 0 Å². The van der Waals surface area contributed by atoms with E-state index in [1.165, 1.54) is 4.90 Å². The van der Waals surface area contributed by atoms with Crippen molar-refractivity contribution in [3.05, 3.63) is 0 Å². The predicted molar refractivity (Wildman–Crippen MR) is 52.3 cm³/mol. The number of nitrogens with zero attached hydrogens (tertiary/aromatic N) is 2. The lowest BCUT2D eigenvalue weighted by Gasteiger charge is -2.13. The molecule has 6 nitrogen and oxygen atoms in total. The van der Waals surface area contributed by atoms with E-state index in [0.29, 0.717) is 0 Å². The minimum Gasteiger partial charge on any atom is -0.461 e. The summed E-state index contributed by atoms with van der Waals surface area (Å²) in [4.78, 5) is 28.9. The average Bonchev–Trinajstić information content (AvgIpc) is 2.65. The number of amides is 1. The van der Waals surface area contributed by atoms with Crippen LogP contribution < -0.4 is 0 Å². The first-order valence-corrected chi connectivity index (χ1v) is 4.67. The predicted octanol–water partition coefficient (Wildman–Crippen LogP) is -0.217. The number of ether oxygens (including phenoxy) is 1. The number of esters is 1. The van der Waals surface area contributed by atoms with Crippen molar-refractivity contribution < 1.29 is 19.2 Å². The van der Waals surface area contributed by atoms with E-state index in [1.54, 1.807) is 21.0 Å². The van der Waals surface area contributed by atoms with Gasteiger partial charge in [-0.15, -0.1) is 0 Å². The van der Waals surface area contributed by atoms with Crippen LogP contribution in [0.15, 0.2) is 5.16 Å². The first kappa shape index (κ1) is 11.5. The Hall–Kier alpha value is -1.59. The summed E-state index contributed by atoms with van der Waals surface area (Å²) >= 11 is 0. The zero-order valence-corrected chi connectivity index (χ0v) is 9.02. The average molecular weight is 214 g/mol. The first-order chi connectivity index (χ1) is 7.06. The smallest absolute Gasteiger partial charge is 0.356 e. The quantitative estimate of drug-likeness (QED) is 0.609. The number of carbonyl (C=O) groups is 2. The van der Waals surface area contributed by atoms with Crippen molar-refractivity contribution in [2.75, 3.05) is 20.7 Å². The Kier molecular flexibility index (Phi) is 3.65. The maximum Gasteiger partial charge on any atom is 0.356 e. The number of hydrogen-bond donors (Lipinski definition) is 0. The van der Waals surface area contributed by atoms with Crippen molar-refractivity contribution in [3.63, 3.8) is 0 Å². The molecule has 6 heteroatoms. The van der Waals surface area contributed by atoms with Gasteiger partial charge >= 0.3 is 5.97 Å². The first-order valence-electron chi connectivity index (χ1n) is 4.67. The molecule has 15 heavy (non-hydrogen) atoms. The number of likely N-dealkylation sites (N-methyl/N-ethyl adjacent to an activating group) is 1. The molecule has 1 rings (SSSR count). The SMILES string of the molecule is CCOC(=O)C1=NOC(C(=O)N(C)C)C1. The summed E-state index contributed by atoms with van der Waals surface area (Å²) in [5.41, 5.74) is 0.164. The molecule has 1 aliphatic rings. The molecule has 0 saturated carbocycles. The largest absolute Gasteiger partial charge is 0.461 e. The second-order valence-corrected chi connectivity index (χ2v) is 3.29. The normalized spacial score (nSPS) is 19.1. The Morgan fingerprint density at radius 2 is 2.27 bits per heavy atom. The van der Waals surface area contributed by atoms with E-state index < -0.39 is 12.1 Å². The molecule has 0 spiro atoms. The van der Waals surface area contributed by atoms with Crippen molar-refractivity contribution in [1.29, 1.82) is 0 Å². The van der Waals surface area contributed by atoms with E-state index in [4.69, 9.17) is 9.57 Å². The highest BCUT2D eigenvalue weighted by Crippen LogP contribution is 2.13. The summed E-state index contributed by atoms with van der Waals surface area (Å²) in [6, 6.07) is 0. The third-order valence-electron chi connectivity index (χ3n) is 1.90. The minimum absolute atomic E-state index is 0.164. The van der Waals surface area contributed by atoms with E-state index in [-0.39, 0.29) is 24.6 Å². The fourth-order valence-corrected chi connectivity index (χ4v) is 1.13. The van der Waals surface area contributed by atoms with Gasteiger partial charge in [-0.05, 0) is 6.92 Å². The van der Waals surface area contributed by atoms with Gasteiger partial charge in [-0.1, -0.05) is 5.16 Å². The number of rotatable bonds is 3. The fraction of sp³-hybridized carbons (Fsp3) is 0.667. The molecule has 0 aromatic heterocycles. The molecular weight excluding hydrogens is 200 g/mol. The van der Waals surface area contributed by atoms with Crippen LogP contribution in [0.1, 0.15) is 13.3 Å². The Bertz CT molecular complexity index is 298. The molecule has 1 heterocycles. The summed E-state index contributed by atoms with van der Waals surface area (Å²) in [6.45, 7) is 1.99. The van der Waals surface area contributed by atoms with Crippen LogP contribution >= 0.6 is 0 Å². The van der Waals surface area contributed by atoms with Crippen LogP contribution in [0.25, 0.3) is 0 Å². The van der Waals surface area contributed by atoms with Gasteiger partial charge in [-0.2, -0.15) is 0 Å². The highest BCUT2D eigenvalue weighted by Gasteiger charge is 2.33. The Morgan fingerprint density at radius 1 is 1.60 bits per heavy atom. The molecule has 0 N–H and O–H groups in total. The van der Waals surface area contributed by atoms with E-state index >= 15 is 0 Å². The highest BCUT2D eigenvalue weighted by atomic mass is 16.7. The van der Waals surface area contributed by atoms with Crippen LogP contribution in [-0.2, 0) is 19.2 Å². The van der Waals surface area contributed by atoms with Gasteiger partial charge in [-0.25, -0.2) is 4.79 Å². The molecule has 1 amide bonds. The van der Waals surface area contributed by atoms with Gasteiger partial charge in [0, 0.05) is 20.5 Å². The number of hydrogen-bond acceptors (Lipinski definition) is 5. The van der Waals surface area contributed by atoms with Gasteiger partial charge < -0.3 is 14.5 Å². The molecule has 1 atom stereocenters. The minimum atomic E-state index is -0.695. The zero-order chi connectivity index (χ0) is 11.4. The van der Waals surface area contributed by atoms with Crippen LogP contribution in [0, 0.1) is 0 Å². The lowest BCUT2D eigenvalue weighted by Crippen LogP contribution is -2.34. The summed E-state index contributed by atoms with van der Waals surface area (Å²) in [5.74, 6) is -0.732. The fourth-order valence-electron chi connectivity index (χ4n) is 1.13. The Morgan fingerprint density at radius 3 is 2.80 bits per heavy atom. The van der Waals surface area contributed by atoms with Gasteiger partial charge in [0.15, 0.2) is 5.71 Å². The number of oxime groups is 1. The van der Waals surface area contributed by atoms with Gasteiger partial charge in [0.1, 0.15) is 0 Å². The third kappa shape index (κ3) is 2.68. The summed E-state index contributed by atoms with van der Waals surface area (Å²) in [7, 11) is 3.24. The standard InChI is InChI=1S/C9H14N2O4/c1-4-14-9(13)6-5-7(15-10-6)8(12)11(2)3/h7H,4-5H2,1-3H3. The molecule has 84 valence electrons. The second-order valence-electron chi connectivity index (χ2n) is 3.29. The van der Waals surface area contributed by atoms with Gasteiger partial charge in [0.2, 0.25) is 6.10 Å². The Balaban J connectivity index is 2.50. The summed E-state index contributed by atoms with van der Waals surface area (Å²) < 4.78 is 4.74. The van der Waals surface area contributed by atoms with E-state index in [2.05, 4.69) is 5.16 Å². The molecule has 0 fully saturated rings. The van der Waals surface area contributed by atoms with Gasteiger partial charge in [0.05, 0.1) is 6.61 Å². The van der Waals surface area contributed by atoms with Gasteiger partial charge in [-0.3, -0.25) is 4.79 Å². The molecule has 0 aromatic carbocycles. The van der Waals surface area contributed by atoms with Crippen LogP contribution in [-0.4, -0.2) is 49.3 Å². The zero-order valence-electron chi connectivity index (χ0n) is 9.02. The molecule has 0 saturated heterocycles. The van der Waals surface area contributed by atoms with E-state index in [9.17, 15) is 9.59 Å². The molecule has 0 aliphatic carbocycles. The van der Waals surface area contributed by atoms with Crippen molar-refractivity contribution in [3.8, 4) is 0 Å². The molecular formula is C9H14N2O4. The van der Waals surface area contributed by atoms with Crippen molar-refractivity contribution >= 4 is 17.6 Å². The third-order valence-corrected chi connectivity index (χ3v) is 1.90. The van der Waals surface area contributed by atoms with E-state index in [0.717, 1.165) is 0 Å². The topological polar surface area (TPSA) is 68.2 Å². The molecule has 0 bridgehead atoms. The molecule has 0 radical (unpaired) electrons. The maximum absolute atomic E-state index is 11.4. The lowest BCUT2D eigenvalue weighted by atomic mass is 10.1. The lowest BCUT2D eigenvalue weighted by molar-refractivity contribution is -0.139. The van der Waals surface area contributed by atoms with Crippen LogP contribution in [0.3, 0.4) is 0 Å². The Labute approximate surface area is 87.8 Å². The maximum atomic E-state index is 11.4. The summed E-state index contributed by atoms with van der Waals surface area (Å²) in [5, 5.41) is 3.53. The molecule has 1 unspecified atom stereocenters. The monoisotopic (exact) mass is 214 g/mol. The molecule has 1 aliphatic heterocycles. The van der Waals surface area contributed by atoms with Crippen molar-refractivity contribution in [2.24, 2.45) is 5.16 Å². The number of carbonyl (C=O) groups excluding carboxylic acids is 2. The van der Waals surface area contributed by atoms with Gasteiger partial charge in [0.25, 0.3) is 5.91 Å².